The van der Waals surface area contributed by atoms with Gasteiger partial charge >= 0.3 is 0 Å². The van der Waals surface area contributed by atoms with Crippen LogP contribution in [0.15, 0.2) is 0 Å². The lowest BCUT2D eigenvalue weighted by Crippen LogP contribution is -2.02. The van der Waals surface area contributed by atoms with Gasteiger partial charge in [0.05, 0.1) is 19.1 Å². The molecule has 0 atom stereocenters. The topological polar surface area (TPSA) is 59.0 Å². The highest BCUT2D eigenvalue weighted by molar-refractivity contribution is 4.66. The van der Waals surface area contributed by atoms with Gasteiger partial charge in [0.2, 0.25) is 0 Å². The molecule has 3 heteroatoms. The average Bonchev–Trinajstić information content (AvgIpc) is 1.97. The Labute approximate surface area is 61.8 Å². The van der Waals surface area contributed by atoms with Crippen LogP contribution < -0.4 is 5.73 Å². The molecule has 0 aliphatic heterocycles. The average molecular weight is 142 g/mol. The van der Waals surface area contributed by atoms with E-state index in [1.165, 1.54) is 0 Å². The second-order valence-electron chi connectivity index (χ2n) is 2.02. The first-order chi connectivity index (χ1) is 4.91. The Bertz CT molecular complexity index is 98.3. The molecular weight excluding hydrogens is 128 g/mol. The fraction of sp³-hybridized carbons (Fsp3) is 0.857. The Morgan fingerprint density at radius 2 is 2.10 bits per heavy atom. The SMILES string of the molecule is N#CCCOCCCCN. The third-order valence-electron chi connectivity index (χ3n) is 1.10. The lowest BCUT2D eigenvalue weighted by atomic mass is 10.3. The van der Waals surface area contributed by atoms with Crippen molar-refractivity contribution in [2.24, 2.45) is 5.73 Å². The first-order valence-corrected chi connectivity index (χ1v) is 3.56. The summed E-state index contributed by atoms with van der Waals surface area (Å²) in [5.41, 5.74) is 5.26. The molecular formula is C7H14N2O. The highest BCUT2D eigenvalue weighted by Gasteiger charge is 1.86. The van der Waals surface area contributed by atoms with Crippen molar-refractivity contribution in [1.29, 1.82) is 5.26 Å². The van der Waals surface area contributed by atoms with Gasteiger partial charge in [0.25, 0.3) is 0 Å². The van der Waals surface area contributed by atoms with Gasteiger partial charge in [-0.25, -0.2) is 0 Å². The predicted molar refractivity (Wildman–Crippen MR) is 39.3 cm³/mol. The molecule has 58 valence electrons. The Balaban J connectivity index is 2.72. The third-order valence-corrected chi connectivity index (χ3v) is 1.10. The standard InChI is InChI=1S/C7H14N2O/c8-4-1-2-6-10-7-3-5-9/h1-4,6-8H2. The Morgan fingerprint density at radius 3 is 2.70 bits per heavy atom. The van der Waals surface area contributed by atoms with Crippen molar-refractivity contribution in [3.63, 3.8) is 0 Å². The number of ether oxygens (including phenoxy) is 1. The van der Waals surface area contributed by atoms with Crippen LogP contribution in [0.4, 0.5) is 0 Å². The van der Waals surface area contributed by atoms with Crippen LogP contribution >= 0.6 is 0 Å². The van der Waals surface area contributed by atoms with Gasteiger partial charge in [0, 0.05) is 6.61 Å². The maximum atomic E-state index is 8.12. The summed E-state index contributed by atoms with van der Waals surface area (Å²) in [6.07, 6.45) is 2.50. The molecule has 0 fully saturated rings. The van der Waals surface area contributed by atoms with Crippen LogP contribution in [-0.4, -0.2) is 19.8 Å². The summed E-state index contributed by atoms with van der Waals surface area (Å²) < 4.78 is 5.10. The molecule has 0 unspecified atom stereocenters. The molecule has 0 aromatic carbocycles. The number of nitrogens with zero attached hydrogens (tertiary/aromatic N) is 1. The van der Waals surface area contributed by atoms with Gasteiger partial charge in [-0.2, -0.15) is 5.26 Å². The molecule has 0 amide bonds. The van der Waals surface area contributed by atoms with Crippen molar-refractivity contribution in [3.05, 3.63) is 0 Å². The van der Waals surface area contributed by atoms with E-state index in [0.29, 0.717) is 13.0 Å². The van der Waals surface area contributed by atoms with Crippen LogP contribution in [0.1, 0.15) is 19.3 Å². The van der Waals surface area contributed by atoms with E-state index in [-0.39, 0.29) is 0 Å². The highest BCUT2D eigenvalue weighted by Crippen LogP contribution is 1.88. The minimum Gasteiger partial charge on any atom is -0.380 e. The van der Waals surface area contributed by atoms with Crippen molar-refractivity contribution in [3.8, 4) is 6.07 Å². The van der Waals surface area contributed by atoms with Gasteiger partial charge < -0.3 is 10.5 Å². The Kier molecular flexibility index (Phi) is 7.91. The van der Waals surface area contributed by atoms with Crippen LogP contribution in [0.25, 0.3) is 0 Å². The van der Waals surface area contributed by atoms with Gasteiger partial charge in [0.1, 0.15) is 0 Å². The van der Waals surface area contributed by atoms with E-state index in [0.717, 1.165) is 26.0 Å². The van der Waals surface area contributed by atoms with Crippen LogP contribution in [0.2, 0.25) is 0 Å². The van der Waals surface area contributed by atoms with E-state index in [1.807, 2.05) is 6.07 Å². The van der Waals surface area contributed by atoms with Crippen LogP contribution in [0.5, 0.6) is 0 Å². The molecule has 0 aliphatic carbocycles. The van der Waals surface area contributed by atoms with Crippen LogP contribution in [0.3, 0.4) is 0 Å². The largest absolute Gasteiger partial charge is 0.380 e. The monoisotopic (exact) mass is 142 g/mol. The van der Waals surface area contributed by atoms with Gasteiger partial charge in [-0.3, -0.25) is 0 Å². The minimum atomic E-state index is 0.489. The number of unbranched alkanes of at least 4 members (excludes halogenated alkanes) is 1. The van der Waals surface area contributed by atoms with Gasteiger partial charge in [-0.15, -0.1) is 0 Å². The van der Waals surface area contributed by atoms with E-state index in [2.05, 4.69) is 0 Å². The van der Waals surface area contributed by atoms with E-state index in [9.17, 15) is 0 Å². The van der Waals surface area contributed by atoms with Crippen molar-refractivity contribution < 1.29 is 4.74 Å². The summed E-state index contributed by atoms with van der Waals surface area (Å²) in [6, 6.07) is 2.01. The number of rotatable bonds is 6. The maximum absolute atomic E-state index is 8.12. The molecule has 0 heterocycles. The lowest BCUT2D eigenvalue weighted by molar-refractivity contribution is 0.136. The van der Waals surface area contributed by atoms with Crippen molar-refractivity contribution in [1.82, 2.24) is 0 Å². The van der Waals surface area contributed by atoms with Gasteiger partial charge in [-0.05, 0) is 19.4 Å². The summed E-state index contributed by atoms with van der Waals surface area (Å²) >= 11 is 0. The summed E-state index contributed by atoms with van der Waals surface area (Å²) in [6.45, 7) is 2.02. The summed E-state index contributed by atoms with van der Waals surface area (Å²) in [5.74, 6) is 0. The smallest absolute Gasteiger partial charge is 0.0645 e. The van der Waals surface area contributed by atoms with Gasteiger partial charge in [-0.1, -0.05) is 0 Å². The molecule has 0 rings (SSSR count). The molecule has 0 spiro atoms. The number of nitrogens with two attached hydrogens (primary N) is 1. The Hall–Kier alpha value is -0.590. The molecule has 0 radical (unpaired) electrons. The fourth-order valence-electron chi connectivity index (χ4n) is 0.568. The minimum absolute atomic E-state index is 0.489. The molecule has 0 aromatic heterocycles. The normalized spacial score (nSPS) is 9.20. The molecule has 0 saturated carbocycles. The Morgan fingerprint density at radius 1 is 1.30 bits per heavy atom. The third kappa shape index (κ3) is 7.41. The summed E-state index contributed by atoms with van der Waals surface area (Å²) in [4.78, 5) is 0. The number of hydrogen-bond donors (Lipinski definition) is 1. The quantitative estimate of drug-likeness (QED) is 0.554. The molecule has 3 nitrogen and oxygen atoms in total. The summed E-state index contributed by atoms with van der Waals surface area (Å²) in [5, 5.41) is 8.12. The molecule has 0 saturated heterocycles. The number of nitriles is 1. The zero-order chi connectivity index (χ0) is 7.66. The first-order valence-electron chi connectivity index (χ1n) is 3.56. The maximum Gasteiger partial charge on any atom is 0.0645 e. The predicted octanol–water partition coefficient (Wildman–Crippen LogP) is 0.656. The van der Waals surface area contributed by atoms with Crippen molar-refractivity contribution >= 4 is 0 Å². The van der Waals surface area contributed by atoms with Gasteiger partial charge in [0.15, 0.2) is 0 Å². The van der Waals surface area contributed by atoms with Crippen LogP contribution in [-0.2, 0) is 4.74 Å². The van der Waals surface area contributed by atoms with Crippen LogP contribution in [0, 0.1) is 11.3 Å². The molecule has 10 heavy (non-hydrogen) atoms. The molecule has 0 aromatic rings. The second-order valence-corrected chi connectivity index (χ2v) is 2.02. The lowest BCUT2D eigenvalue weighted by Gasteiger charge is -1.98. The second kappa shape index (κ2) is 8.41. The molecule has 0 aliphatic rings. The first kappa shape index (κ1) is 9.41. The highest BCUT2D eigenvalue weighted by atomic mass is 16.5. The van der Waals surface area contributed by atoms with E-state index < -0.39 is 0 Å². The van der Waals surface area contributed by atoms with E-state index >= 15 is 0 Å². The number of hydrogen-bond acceptors (Lipinski definition) is 3. The zero-order valence-corrected chi connectivity index (χ0v) is 6.18. The van der Waals surface area contributed by atoms with E-state index in [1.54, 1.807) is 0 Å². The fourth-order valence-corrected chi connectivity index (χ4v) is 0.568. The summed E-state index contributed by atoms with van der Waals surface area (Å²) in [7, 11) is 0. The molecule has 0 bridgehead atoms. The van der Waals surface area contributed by atoms with Crippen molar-refractivity contribution in [2.45, 2.75) is 19.3 Å². The van der Waals surface area contributed by atoms with E-state index in [4.69, 9.17) is 15.7 Å². The zero-order valence-electron chi connectivity index (χ0n) is 6.18. The van der Waals surface area contributed by atoms with Crippen molar-refractivity contribution in [2.75, 3.05) is 19.8 Å². The molecule has 2 N–H and O–H groups in total.